The number of nitrogens with zero attached hydrogens (tertiary/aromatic N) is 1. The molecule has 0 fully saturated rings. The van der Waals surface area contributed by atoms with E-state index in [4.69, 9.17) is 4.42 Å². The van der Waals surface area contributed by atoms with Gasteiger partial charge in [0, 0.05) is 17.3 Å². The van der Waals surface area contributed by atoms with E-state index >= 15 is 0 Å². The topological polar surface area (TPSA) is 81.4 Å². The maximum Gasteiger partial charge on any atom is 0.356 e. The van der Waals surface area contributed by atoms with Gasteiger partial charge in [0.05, 0.1) is 19.1 Å². The highest BCUT2D eigenvalue weighted by atomic mass is 19.1. The zero-order valence-electron chi connectivity index (χ0n) is 13.2. The first-order chi connectivity index (χ1) is 12.1. The summed E-state index contributed by atoms with van der Waals surface area (Å²) in [7, 11) is 1.21. The Morgan fingerprint density at radius 2 is 2.04 bits per heavy atom. The summed E-state index contributed by atoms with van der Waals surface area (Å²) in [6, 6.07) is 10.4. The predicted molar refractivity (Wildman–Crippen MR) is 87.6 cm³/mol. The van der Waals surface area contributed by atoms with Crippen LogP contribution in [0.3, 0.4) is 0 Å². The number of aromatic nitrogens is 1. The van der Waals surface area contributed by atoms with E-state index in [0.29, 0.717) is 11.3 Å². The van der Waals surface area contributed by atoms with Crippen molar-refractivity contribution in [1.82, 2.24) is 4.98 Å². The summed E-state index contributed by atoms with van der Waals surface area (Å²) in [5.74, 6) is -1.29. The van der Waals surface area contributed by atoms with E-state index in [9.17, 15) is 14.0 Å². The number of carbonyl (C=O) groups is 2. The van der Waals surface area contributed by atoms with Crippen LogP contribution in [-0.2, 0) is 4.74 Å². The fourth-order valence-electron chi connectivity index (χ4n) is 2.20. The van der Waals surface area contributed by atoms with Gasteiger partial charge in [0.1, 0.15) is 17.3 Å². The lowest BCUT2D eigenvalue weighted by Gasteiger charge is -2.08. The molecule has 0 bridgehead atoms. The molecule has 0 aliphatic heterocycles. The van der Waals surface area contributed by atoms with Crippen LogP contribution in [0.5, 0.6) is 0 Å². The average molecular weight is 340 g/mol. The van der Waals surface area contributed by atoms with Crippen molar-refractivity contribution in [1.29, 1.82) is 0 Å². The van der Waals surface area contributed by atoms with E-state index in [1.165, 1.54) is 43.8 Å². The summed E-state index contributed by atoms with van der Waals surface area (Å²) >= 11 is 0. The van der Waals surface area contributed by atoms with E-state index in [2.05, 4.69) is 15.0 Å². The van der Waals surface area contributed by atoms with Crippen LogP contribution < -0.4 is 5.32 Å². The molecule has 0 saturated heterocycles. The SMILES string of the molecule is COC(=O)c1cc(C(=O)Nc2cc(-c3ccco3)ccc2F)ccn1. The number of halogens is 1. The van der Waals surface area contributed by atoms with Gasteiger partial charge in [0.15, 0.2) is 0 Å². The number of amides is 1. The molecule has 0 spiro atoms. The van der Waals surface area contributed by atoms with Gasteiger partial charge in [-0.3, -0.25) is 4.79 Å². The number of benzene rings is 1. The number of hydrogen-bond donors (Lipinski definition) is 1. The monoisotopic (exact) mass is 340 g/mol. The molecule has 1 N–H and O–H groups in total. The second kappa shape index (κ2) is 6.96. The summed E-state index contributed by atoms with van der Waals surface area (Å²) in [6.07, 6.45) is 2.80. The molecule has 0 saturated carbocycles. The second-order valence-electron chi connectivity index (χ2n) is 5.05. The van der Waals surface area contributed by atoms with Crippen molar-refractivity contribution in [2.45, 2.75) is 0 Å². The second-order valence-corrected chi connectivity index (χ2v) is 5.05. The Bertz CT molecular complexity index is 923. The molecule has 0 aliphatic rings. The molecular weight excluding hydrogens is 327 g/mol. The molecule has 6 nitrogen and oxygen atoms in total. The zero-order chi connectivity index (χ0) is 17.8. The molecule has 1 amide bonds. The molecule has 3 aromatic rings. The van der Waals surface area contributed by atoms with Crippen molar-refractivity contribution in [3.63, 3.8) is 0 Å². The van der Waals surface area contributed by atoms with Crippen LogP contribution >= 0.6 is 0 Å². The number of esters is 1. The van der Waals surface area contributed by atoms with Gasteiger partial charge in [-0.15, -0.1) is 0 Å². The molecule has 0 unspecified atom stereocenters. The Labute approximate surface area is 142 Å². The van der Waals surface area contributed by atoms with Gasteiger partial charge in [0.25, 0.3) is 5.91 Å². The third-order valence-electron chi connectivity index (χ3n) is 3.44. The van der Waals surface area contributed by atoms with E-state index in [1.807, 2.05) is 0 Å². The maximum atomic E-state index is 14.0. The molecule has 1 aromatic carbocycles. The fraction of sp³-hybridized carbons (Fsp3) is 0.0556. The van der Waals surface area contributed by atoms with Crippen LogP contribution in [0.2, 0.25) is 0 Å². The van der Waals surface area contributed by atoms with Gasteiger partial charge in [-0.2, -0.15) is 0 Å². The van der Waals surface area contributed by atoms with E-state index in [1.54, 1.807) is 18.2 Å². The Hall–Kier alpha value is -3.48. The van der Waals surface area contributed by atoms with E-state index in [0.717, 1.165) is 0 Å². The minimum Gasteiger partial charge on any atom is -0.464 e. The molecule has 25 heavy (non-hydrogen) atoms. The molecule has 3 rings (SSSR count). The Morgan fingerprint density at radius 1 is 1.20 bits per heavy atom. The smallest absolute Gasteiger partial charge is 0.356 e. The average Bonchev–Trinajstić information content (AvgIpc) is 3.17. The van der Waals surface area contributed by atoms with Crippen molar-refractivity contribution in [3.05, 3.63) is 72.0 Å². The number of furan rings is 1. The molecule has 0 radical (unpaired) electrons. The van der Waals surface area contributed by atoms with Crippen LogP contribution in [0.1, 0.15) is 20.8 Å². The van der Waals surface area contributed by atoms with Crippen molar-refractivity contribution in [2.75, 3.05) is 12.4 Å². The van der Waals surface area contributed by atoms with Crippen molar-refractivity contribution < 1.29 is 23.1 Å². The molecular formula is C18H13FN2O4. The first-order valence-electron chi connectivity index (χ1n) is 7.27. The van der Waals surface area contributed by atoms with Crippen LogP contribution in [0.25, 0.3) is 11.3 Å². The van der Waals surface area contributed by atoms with Gasteiger partial charge >= 0.3 is 5.97 Å². The summed E-state index contributed by atoms with van der Waals surface area (Å²) in [6.45, 7) is 0. The number of hydrogen-bond acceptors (Lipinski definition) is 5. The number of nitrogens with one attached hydrogen (secondary N) is 1. The fourth-order valence-corrected chi connectivity index (χ4v) is 2.20. The van der Waals surface area contributed by atoms with Crippen LogP contribution in [0, 0.1) is 5.82 Å². The number of rotatable bonds is 4. The highest BCUT2D eigenvalue weighted by molar-refractivity contribution is 6.05. The molecule has 2 aromatic heterocycles. The highest BCUT2D eigenvalue weighted by Gasteiger charge is 2.14. The number of carbonyl (C=O) groups excluding carboxylic acids is 2. The van der Waals surface area contributed by atoms with Gasteiger partial charge in [0.2, 0.25) is 0 Å². The summed E-state index contributed by atoms with van der Waals surface area (Å²) in [4.78, 5) is 27.7. The molecule has 2 heterocycles. The van der Waals surface area contributed by atoms with E-state index in [-0.39, 0.29) is 16.9 Å². The Balaban J connectivity index is 1.86. The van der Waals surface area contributed by atoms with Gasteiger partial charge < -0.3 is 14.5 Å². The minimum absolute atomic E-state index is 0.00432. The predicted octanol–water partition coefficient (Wildman–Crippen LogP) is 3.52. The van der Waals surface area contributed by atoms with Crippen molar-refractivity contribution in [2.24, 2.45) is 0 Å². The normalized spacial score (nSPS) is 10.3. The third-order valence-corrected chi connectivity index (χ3v) is 3.44. The molecule has 7 heteroatoms. The maximum absolute atomic E-state index is 14.0. The van der Waals surface area contributed by atoms with Crippen LogP contribution in [-0.4, -0.2) is 24.0 Å². The lowest BCUT2D eigenvalue weighted by atomic mass is 10.1. The molecule has 0 aliphatic carbocycles. The summed E-state index contributed by atoms with van der Waals surface area (Å²) < 4.78 is 23.8. The number of ether oxygens (including phenoxy) is 1. The van der Waals surface area contributed by atoms with E-state index < -0.39 is 17.7 Å². The third kappa shape index (κ3) is 3.55. The van der Waals surface area contributed by atoms with Crippen LogP contribution in [0.4, 0.5) is 10.1 Å². The highest BCUT2D eigenvalue weighted by Crippen LogP contribution is 2.25. The minimum atomic E-state index is -0.666. The molecule has 0 atom stereocenters. The zero-order valence-corrected chi connectivity index (χ0v) is 13.2. The summed E-state index contributed by atoms with van der Waals surface area (Å²) in [5.41, 5.74) is 0.750. The molecule has 126 valence electrons. The standard InChI is InChI=1S/C18H13FN2O4/c1-24-18(23)15-10-12(6-7-20-15)17(22)21-14-9-11(4-5-13(14)19)16-3-2-8-25-16/h2-10H,1H3,(H,21,22). The lowest BCUT2D eigenvalue weighted by molar-refractivity contribution is 0.0594. The van der Waals surface area contributed by atoms with Gasteiger partial charge in [-0.05, 0) is 42.5 Å². The van der Waals surface area contributed by atoms with Crippen molar-refractivity contribution >= 4 is 17.6 Å². The number of methoxy groups -OCH3 is 1. The van der Waals surface area contributed by atoms with Crippen LogP contribution in [0.15, 0.2) is 59.3 Å². The quantitative estimate of drug-likeness (QED) is 0.735. The van der Waals surface area contributed by atoms with Gasteiger partial charge in [-0.25, -0.2) is 14.2 Å². The first kappa shape index (κ1) is 16.4. The largest absolute Gasteiger partial charge is 0.464 e. The Kier molecular flexibility index (Phi) is 4.56. The van der Waals surface area contributed by atoms with Crippen molar-refractivity contribution in [3.8, 4) is 11.3 Å². The number of anilines is 1. The summed E-state index contributed by atoms with van der Waals surface area (Å²) in [5, 5.41) is 2.48. The Morgan fingerprint density at radius 3 is 2.76 bits per heavy atom. The number of pyridine rings is 1. The first-order valence-corrected chi connectivity index (χ1v) is 7.27. The lowest BCUT2D eigenvalue weighted by Crippen LogP contribution is -2.15. The van der Waals surface area contributed by atoms with Gasteiger partial charge in [-0.1, -0.05) is 0 Å².